The van der Waals surface area contributed by atoms with Crippen LogP contribution in [0, 0.1) is 12.7 Å². The smallest absolute Gasteiger partial charge is 0.229 e. The molecule has 0 aliphatic rings. The number of nitrogens with zero attached hydrogens (tertiary/aromatic N) is 1. The summed E-state index contributed by atoms with van der Waals surface area (Å²) in [5.41, 5.74) is 3.04. The van der Waals surface area contributed by atoms with E-state index in [1.807, 2.05) is 6.92 Å². The minimum absolute atomic E-state index is 0.0122. The highest BCUT2D eigenvalue weighted by Gasteiger charge is 2.09. The zero-order chi connectivity index (χ0) is 13.1. The van der Waals surface area contributed by atoms with Gasteiger partial charge in [0.15, 0.2) is 0 Å². The van der Waals surface area contributed by atoms with Crippen LogP contribution in [0.25, 0.3) is 0 Å². The van der Waals surface area contributed by atoms with Gasteiger partial charge in [-0.05, 0) is 25.1 Å². The first-order valence-corrected chi connectivity index (χ1v) is 6.46. The third kappa shape index (κ3) is 3.05. The summed E-state index contributed by atoms with van der Waals surface area (Å²) >= 11 is 7.07. The number of benzene rings is 1. The first kappa shape index (κ1) is 13.0. The molecule has 0 spiro atoms. The topological polar surface area (TPSA) is 42.0 Å². The Balaban J connectivity index is 2.03. The first-order valence-electron chi connectivity index (χ1n) is 5.20. The molecule has 0 fully saturated rings. The molecule has 0 radical (unpaired) electrons. The fraction of sp³-hybridized carbons (Fsp3) is 0.167. The summed E-state index contributed by atoms with van der Waals surface area (Å²) in [7, 11) is 0. The molecule has 0 aliphatic heterocycles. The summed E-state index contributed by atoms with van der Waals surface area (Å²) in [4.78, 5) is 16.7. The van der Waals surface area contributed by atoms with Crippen molar-refractivity contribution in [1.82, 2.24) is 4.98 Å². The number of carbonyl (C=O) groups excluding carboxylic acids is 1. The number of aromatic nitrogens is 1. The number of hydrogen-bond acceptors (Lipinski definition) is 3. The molecule has 0 aliphatic carbocycles. The number of nitrogens with one attached hydrogen (secondary N) is 1. The largest absolute Gasteiger partial charge is 0.326 e. The standard InChI is InChI=1S/C12H10ClFN2OS/c1-7-11(18-6-15-7)5-12(17)16-8-2-3-10(14)9(13)4-8/h2-4,6H,5H2,1H3,(H,16,17). The van der Waals surface area contributed by atoms with Gasteiger partial charge in [0.05, 0.1) is 22.6 Å². The predicted molar refractivity (Wildman–Crippen MR) is 70.6 cm³/mol. The van der Waals surface area contributed by atoms with Gasteiger partial charge in [-0.25, -0.2) is 9.37 Å². The van der Waals surface area contributed by atoms with E-state index in [9.17, 15) is 9.18 Å². The number of amides is 1. The van der Waals surface area contributed by atoms with E-state index in [4.69, 9.17) is 11.6 Å². The average Bonchev–Trinajstić information content (AvgIpc) is 2.70. The normalized spacial score (nSPS) is 10.4. The van der Waals surface area contributed by atoms with E-state index in [2.05, 4.69) is 10.3 Å². The van der Waals surface area contributed by atoms with Crippen molar-refractivity contribution in [3.63, 3.8) is 0 Å². The second kappa shape index (κ2) is 5.46. The van der Waals surface area contributed by atoms with Gasteiger partial charge in [0.2, 0.25) is 5.91 Å². The molecule has 18 heavy (non-hydrogen) atoms. The highest BCUT2D eigenvalue weighted by Crippen LogP contribution is 2.20. The summed E-state index contributed by atoms with van der Waals surface area (Å²) in [5.74, 6) is -0.682. The van der Waals surface area contributed by atoms with Gasteiger partial charge < -0.3 is 5.32 Å². The summed E-state index contributed by atoms with van der Waals surface area (Å²) < 4.78 is 12.9. The Morgan fingerprint density at radius 1 is 1.56 bits per heavy atom. The third-order valence-corrected chi connectivity index (χ3v) is 3.59. The van der Waals surface area contributed by atoms with Gasteiger partial charge in [-0.3, -0.25) is 4.79 Å². The maximum Gasteiger partial charge on any atom is 0.229 e. The zero-order valence-electron chi connectivity index (χ0n) is 9.54. The molecule has 0 saturated carbocycles. The van der Waals surface area contributed by atoms with Crippen molar-refractivity contribution in [2.24, 2.45) is 0 Å². The Morgan fingerprint density at radius 2 is 2.33 bits per heavy atom. The zero-order valence-corrected chi connectivity index (χ0v) is 11.1. The minimum Gasteiger partial charge on any atom is -0.326 e. The Bertz CT molecular complexity index is 585. The van der Waals surface area contributed by atoms with Gasteiger partial charge >= 0.3 is 0 Å². The van der Waals surface area contributed by atoms with Crippen LogP contribution in [-0.2, 0) is 11.2 Å². The molecule has 1 N–H and O–H groups in total. The number of hydrogen-bond donors (Lipinski definition) is 1. The molecule has 0 bridgehead atoms. The van der Waals surface area contributed by atoms with Crippen molar-refractivity contribution in [1.29, 1.82) is 0 Å². The molecule has 94 valence electrons. The average molecular weight is 285 g/mol. The van der Waals surface area contributed by atoms with Gasteiger partial charge in [0.1, 0.15) is 5.82 Å². The van der Waals surface area contributed by atoms with Crippen LogP contribution in [0.5, 0.6) is 0 Å². The number of carbonyl (C=O) groups is 1. The van der Waals surface area contributed by atoms with Crippen molar-refractivity contribution < 1.29 is 9.18 Å². The molecule has 1 amide bonds. The van der Waals surface area contributed by atoms with Crippen molar-refractivity contribution in [3.8, 4) is 0 Å². The number of anilines is 1. The maximum absolute atomic E-state index is 12.9. The number of aryl methyl sites for hydroxylation is 1. The first-order chi connectivity index (χ1) is 8.56. The fourth-order valence-corrected chi connectivity index (χ4v) is 2.38. The van der Waals surface area contributed by atoms with Crippen LogP contribution < -0.4 is 5.32 Å². The van der Waals surface area contributed by atoms with Crippen molar-refractivity contribution >= 4 is 34.5 Å². The van der Waals surface area contributed by atoms with Crippen LogP contribution in [0.3, 0.4) is 0 Å². The minimum atomic E-state index is -0.507. The quantitative estimate of drug-likeness (QED) is 0.938. The van der Waals surface area contributed by atoms with Gasteiger partial charge in [-0.15, -0.1) is 11.3 Å². The fourth-order valence-electron chi connectivity index (χ4n) is 1.42. The summed E-state index contributed by atoms with van der Waals surface area (Å²) in [6.45, 7) is 1.86. The van der Waals surface area contributed by atoms with Crippen LogP contribution in [0.2, 0.25) is 5.02 Å². The Morgan fingerprint density at radius 3 is 2.94 bits per heavy atom. The highest BCUT2D eigenvalue weighted by atomic mass is 35.5. The molecule has 2 rings (SSSR count). The molecule has 0 atom stereocenters. The van der Waals surface area contributed by atoms with E-state index in [-0.39, 0.29) is 17.4 Å². The lowest BCUT2D eigenvalue weighted by Gasteiger charge is -2.05. The van der Waals surface area contributed by atoms with Crippen LogP contribution in [0.15, 0.2) is 23.7 Å². The second-order valence-corrected chi connectivity index (χ2v) is 5.06. The van der Waals surface area contributed by atoms with Gasteiger partial charge in [0, 0.05) is 10.6 Å². The van der Waals surface area contributed by atoms with Crippen molar-refractivity contribution in [2.45, 2.75) is 13.3 Å². The molecule has 1 aromatic carbocycles. The highest BCUT2D eigenvalue weighted by molar-refractivity contribution is 7.09. The maximum atomic E-state index is 12.9. The molecular weight excluding hydrogens is 275 g/mol. The summed E-state index contributed by atoms with van der Waals surface area (Å²) in [5, 5.41) is 2.65. The SMILES string of the molecule is Cc1ncsc1CC(=O)Nc1ccc(F)c(Cl)c1. The monoisotopic (exact) mass is 284 g/mol. The second-order valence-electron chi connectivity index (χ2n) is 3.71. The Labute approximate surface area is 113 Å². The van der Waals surface area contributed by atoms with Crippen LogP contribution in [-0.4, -0.2) is 10.9 Å². The molecule has 0 unspecified atom stereocenters. The molecule has 0 saturated heterocycles. The van der Waals surface area contributed by atoms with E-state index in [0.29, 0.717) is 5.69 Å². The lowest BCUT2D eigenvalue weighted by atomic mass is 10.2. The van der Waals surface area contributed by atoms with Crippen molar-refractivity contribution in [2.75, 3.05) is 5.32 Å². The van der Waals surface area contributed by atoms with E-state index in [1.165, 1.54) is 29.5 Å². The number of halogens is 2. The summed E-state index contributed by atoms with van der Waals surface area (Å²) in [6.07, 6.45) is 0.255. The lowest BCUT2D eigenvalue weighted by Crippen LogP contribution is -2.14. The number of rotatable bonds is 3. The van der Waals surface area contributed by atoms with E-state index < -0.39 is 5.82 Å². The van der Waals surface area contributed by atoms with E-state index in [1.54, 1.807) is 5.51 Å². The van der Waals surface area contributed by atoms with Crippen molar-refractivity contribution in [3.05, 3.63) is 45.1 Å². The van der Waals surface area contributed by atoms with Crippen LogP contribution in [0.4, 0.5) is 10.1 Å². The van der Waals surface area contributed by atoms with Gasteiger partial charge in [0.25, 0.3) is 0 Å². The molecule has 1 heterocycles. The number of thiazole rings is 1. The summed E-state index contributed by atoms with van der Waals surface area (Å²) in [6, 6.07) is 4.07. The molecule has 2 aromatic rings. The predicted octanol–water partition coefficient (Wildman–Crippen LogP) is 3.43. The lowest BCUT2D eigenvalue weighted by molar-refractivity contribution is -0.115. The van der Waals surface area contributed by atoms with Gasteiger partial charge in [-0.1, -0.05) is 11.6 Å². The van der Waals surface area contributed by atoms with Gasteiger partial charge in [-0.2, -0.15) is 0 Å². The van der Waals surface area contributed by atoms with Crippen LogP contribution >= 0.6 is 22.9 Å². The molecule has 6 heteroatoms. The molecule has 1 aromatic heterocycles. The van der Waals surface area contributed by atoms with E-state index >= 15 is 0 Å². The molecule has 3 nitrogen and oxygen atoms in total. The Kier molecular flexibility index (Phi) is 3.93. The Hall–Kier alpha value is -1.46. The third-order valence-electron chi connectivity index (χ3n) is 2.37. The van der Waals surface area contributed by atoms with Crippen LogP contribution in [0.1, 0.15) is 10.6 Å². The molecular formula is C12H10ClFN2OS. The van der Waals surface area contributed by atoms with E-state index in [0.717, 1.165) is 10.6 Å².